The topological polar surface area (TPSA) is 35.5 Å². The second kappa shape index (κ2) is 5.04. The molecule has 0 aromatic heterocycles. The lowest BCUT2D eigenvalue weighted by atomic mass is 9.87. The van der Waals surface area contributed by atoms with Crippen molar-refractivity contribution in [2.24, 2.45) is 0 Å². The first-order chi connectivity index (χ1) is 8.24. The van der Waals surface area contributed by atoms with Gasteiger partial charge in [-0.25, -0.2) is 4.79 Å². The molecule has 1 atom stereocenters. The number of carbonyl (C=O) groups excluding carboxylic acids is 1. The maximum atomic E-state index is 11.7. The van der Waals surface area contributed by atoms with Crippen molar-refractivity contribution in [1.82, 2.24) is 0 Å². The number of hydrogen-bond donors (Lipinski definition) is 0. The van der Waals surface area contributed by atoms with Gasteiger partial charge in [0.2, 0.25) is 0 Å². The molecule has 0 N–H and O–H groups in total. The lowest BCUT2D eigenvalue weighted by molar-refractivity contribution is -0.138. The molecule has 0 amide bonds. The molecule has 0 radical (unpaired) electrons. The van der Waals surface area contributed by atoms with Crippen LogP contribution in [-0.2, 0) is 9.53 Å². The van der Waals surface area contributed by atoms with Crippen LogP contribution in [0.2, 0.25) is 0 Å². The van der Waals surface area contributed by atoms with Crippen LogP contribution in [0.15, 0.2) is 36.4 Å². The first-order valence-electron chi connectivity index (χ1n) is 5.81. The van der Waals surface area contributed by atoms with E-state index < -0.39 is 0 Å². The number of carbonyl (C=O) groups is 1. The van der Waals surface area contributed by atoms with E-state index in [0.717, 1.165) is 17.7 Å². The summed E-state index contributed by atoms with van der Waals surface area (Å²) in [7, 11) is 0. The SMILES string of the molecule is C=C(C(=O)OCC)C1CCOc2ccccc21. The van der Waals surface area contributed by atoms with Crippen LogP contribution in [0, 0.1) is 0 Å². The molecule has 0 spiro atoms. The molecule has 0 saturated heterocycles. The molecule has 3 nitrogen and oxygen atoms in total. The van der Waals surface area contributed by atoms with E-state index in [-0.39, 0.29) is 11.9 Å². The number of ether oxygens (including phenoxy) is 2. The highest BCUT2D eigenvalue weighted by atomic mass is 16.5. The standard InChI is InChI=1S/C14H16O3/c1-3-16-14(15)10(2)11-8-9-17-13-7-5-4-6-12(11)13/h4-7,11H,2-3,8-9H2,1H3. The number of fused-ring (bicyclic) bond motifs is 1. The number of benzene rings is 1. The summed E-state index contributed by atoms with van der Waals surface area (Å²) in [4.78, 5) is 11.7. The summed E-state index contributed by atoms with van der Waals surface area (Å²) in [5, 5.41) is 0. The largest absolute Gasteiger partial charge is 0.493 e. The van der Waals surface area contributed by atoms with Crippen LogP contribution >= 0.6 is 0 Å². The second-order valence-electron chi connectivity index (χ2n) is 3.97. The predicted molar refractivity (Wildman–Crippen MR) is 65.1 cm³/mol. The molecule has 3 heteroatoms. The minimum Gasteiger partial charge on any atom is -0.493 e. The highest BCUT2D eigenvalue weighted by molar-refractivity contribution is 5.89. The van der Waals surface area contributed by atoms with Gasteiger partial charge in [0.05, 0.1) is 13.2 Å². The van der Waals surface area contributed by atoms with Crippen molar-refractivity contribution >= 4 is 5.97 Å². The number of esters is 1. The Kier molecular flexibility index (Phi) is 3.47. The van der Waals surface area contributed by atoms with Crippen molar-refractivity contribution in [2.75, 3.05) is 13.2 Å². The van der Waals surface area contributed by atoms with Gasteiger partial charge in [0.1, 0.15) is 5.75 Å². The average molecular weight is 232 g/mol. The minimum absolute atomic E-state index is 0.0130. The van der Waals surface area contributed by atoms with Crippen molar-refractivity contribution in [3.05, 3.63) is 42.0 Å². The molecule has 90 valence electrons. The first-order valence-corrected chi connectivity index (χ1v) is 5.81. The van der Waals surface area contributed by atoms with E-state index in [1.165, 1.54) is 0 Å². The molecule has 0 bridgehead atoms. The number of hydrogen-bond acceptors (Lipinski definition) is 3. The Bertz CT molecular complexity index is 437. The molecule has 1 heterocycles. The monoisotopic (exact) mass is 232 g/mol. The third kappa shape index (κ3) is 2.33. The van der Waals surface area contributed by atoms with Crippen molar-refractivity contribution in [2.45, 2.75) is 19.3 Å². The second-order valence-corrected chi connectivity index (χ2v) is 3.97. The highest BCUT2D eigenvalue weighted by Gasteiger charge is 2.27. The lowest BCUT2D eigenvalue weighted by Crippen LogP contribution is -2.20. The molecule has 1 aromatic carbocycles. The van der Waals surface area contributed by atoms with Gasteiger partial charge >= 0.3 is 5.97 Å². The van der Waals surface area contributed by atoms with Gasteiger partial charge in [-0.3, -0.25) is 0 Å². The molecule has 1 unspecified atom stereocenters. The molecule has 0 saturated carbocycles. The van der Waals surface area contributed by atoms with E-state index in [2.05, 4.69) is 6.58 Å². The fraction of sp³-hybridized carbons (Fsp3) is 0.357. The Morgan fingerprint density at radius 1 is 1.53 bits per heavy atom. The van der Waals surface area contributed by atoms with E-state index >= 15 is 0 Å². The maximum absolute atomic E-state index is 11.7. The van der Waals surface area contributed by atoms with Crippen LogP contribution in [-0.4, -0.2) is 19.2 Å². The average Bonchev–Trinajstić information content (AvgIpc) is 2.37. The molecule has 2 rings (SSSR count). The van der Waals surface area contributed by atoms with Gasteiger partial charge in [0, 0.05) is 17.1 Å². The Labute approximate surface area is 101 Å². The quantitative estimate of drug-likeness (QED) is 0.593. The van der Waals surface area contributed by atoms with Crippen molar-refractivity contribution < 1.29 is 14.3 Å². The Hall–Kier alpha value is -1.77. The molecular weight excluding hydrogens is 216 g/mol. The smallest absolute Gasteiger partial charge is 0.334 e. The molecule has 1 aromatic rings. The fourth-order valence-corrected chi connectivity index (χ4v) is 2.07. The van der Waals surface area contributed by atoms with Gasteiger partial charge in [-0.2, -0.15) is 0 Å². The Morgan fingerprint density at radius 2 is 2.29 bits per heavy atom. The maximum Gasteiger partial charge on any atom is 0.334 e. The van der Waals surface area contributed by atoms with Crippen LogP contribution < -0.4 is 4.74 Å². The summed E-state index contributed by atoms with van der Waals surface area (Å²) >= 11 is 0. The Balaban J connectivity index is 2.24. The third-order valence-electron chi connectivity index (χ3n) is 2.92. The van der Waals surface area contributed by atoms with Gasteiger partial charge in [-0.15, -0.1) is 0 Å². The zero-order valence-corrected chi connectivity index (χ0v) is 9.94. The summed E-state index contributed by atoms with van der Waals surface area (Å²) in [6.45, 7) is 6.65. The fourth-order valence-electron chi connectivity index (χ4n) is 2.07. The van der Waals surface area contributed by atoms with Crippen molar-refractivity contribution in [3.8, 4) is 5.75 Å². The van der Waals surface area contributed by atoms with Gasteiger partial charge in [-0.05, 0) is 19.4 Å². The van der Waals surface area contributed by atoms with E-state index in [1.807, 2.05) is 24.3 Å². The summed E-state index contributed by atoms with van der Waals surface area (Å²) in [5.41, 5.74) is 1.54. The van der Waals surface area contributed by atoms with E-state index in [0.29, 0.717) is 18.8 Å². The van der Waals surface area contributed by atoms with Crippen LogP contribution in [0.4, 0.5) is 0 Å². The van der Waals surface area contributed by atoms with E-state index in [1.54, 1.807) is 6.92 Å². The number of para-hydroxylation sites is 1. The molecule has 0 aliphatic carbocycles. The highest BCUT2D eigenvalue weighted by Crippen LogP contribution is 2.37. The zero-order valence-electron chi connectivity index (χ0n) is 9.94. The lowest BCUT2D eigenvalue weighted by Gasteiger charge is -2.26. The van der Waals surface area contributed by atoms with Crippen LogP contribution in [0.5, 0.6) is 5.75 Å². The van der Waals surface area contributed by atoms with E-state index in [9.17, 15) is 4.79 Å². The van der Waals surface area contributed by atoms with Crippen molar-refractivity contribution in [3.63, 3.8) is 0 Å². The molecule has 1 aliphatic rings. The summed E-state index contributed by atoms with van der Waals surface area (Å²) in [5.74, 6) is 0.544. The van der Waals surface area contributed by atoms with Crippen LogP contribution in [0.25, 0.3) is 0 Å². The summed E-state index contributed by atoms with van der Waals surface area (Å²) < 4.78 is 10.5. The predicted octanol–water partition coefficient (Wildman–Crippen LogP) is 2.67. The molecule has 1 aliphatic heterocycles. The summed E-state index contributed by atoms with van der Waals surface area (Å²) in [6, 6.07) is 7.76. The molecule has 17 heavy (non-hydrogen) atoms. The van der Waals surface area contributed by atoms with Crippen LogP contribution in [0.3, 0.4) is 0 Å². The third-order valence-corrected chi connectivity index (χ3v) is 2.92. The molecule has 0 fully saturated rings. The van der Waals surface area contributed by atoms with Gasteiger partial charge in [-0.1, -0.05) is 24.8 Å². The van der Waals surface area contributed by atoms with E-state index in [4.69, 9.17) is 9.47 Å². The van der Waals surface area contributed by atoms with Crippen molar-refractivity contribution in [1.29, 1.82) is 0 Å². The van der Waals surface area contributed by atoms with Gasteiger partial charge in [0.15, 0.2) is 0 Å². The van der Waals surface area contributed by atoms with Gasteiger partial charge in [0.25, 0.3) is 0 Å². The minimum atomic E-state index is -0.311. The number of rotatable bonds is 3. The molecular formula is C14H16O3. The van der Waals surface area contributed by atoms with Gasteiger partial charge < -0.3 is 9.47 Å². The Morgan fingerprint density at radius 3 is 3.06 bits per heavy atom. The zero-order chi connectivity index (χ0) is 12.3. The normalized spacial score (nSPS) is 17.8. The summed E-state index contributed by atoms with van der Waals surface area (Å²) in [6.07, 6.45) is 0.772. The first kappa shape index (κ1) is 11.7. The van der Waals surface area contributed by atoms with Crippen LogP contribution in [0.1, 0.15) is 24.8 Å².